The molecule has 1 aromatic heterocycles. The standard InChI is InChI=1S/C21H22N4O2/c1-26-16-9-10-19(27-2)17(14-16)23-20-11-12-22-21(24-20)25-13-5-7-15-6-3-4-8-18(15)25/h3-4,6,8-12,14H,5,7,13H2,1-2H3,(H,22,23,24). The van der Waals surface area contributed by atoms with Crippen molar-refractivity contribution in [1.82, 2.24) is 9.97 Å². The third-order valence-electron chi connectivity index (χ3n) is 4.66. The fourth-order valence-corrected chi connectivity index (χ4v) is 3.34. The van der Waals surface area contributed by atoms with Gasteiger partial charge in [-0.3, -0.25) is 0 Å². The molecule has 1 N–H and O–H groups in total. The highest BCUT2D eigenvalue weighted by Crippen LogP contribution is 2.33. The number of para-hydroxylation sites is 1. The molecule has 2 heterocycles. The van der Waals surface area contributed by atoms with Crippen molar-refractivity contribution in [2.75, 3.05) is 31.0 Å². The Hall–Kier alpha value is -3.28. The summed E-state index contributed by atoms with van der Waals surface area (Å²) in [6, 6.07) is 15.9. The normalized spacial score (nSPS) is 13.0. The number of benzene rings is 2. The van der Waals surface area contributed by atoms with Crippen LogP contribution in [0.4, 0.5) is 23.1 Å². The molecule has 4 rings (SSSR count). The zero-order valence-corrected chi connectivity index (χ0v) is 15.5. The summed E-state index contributed by atoms with van der Waals surface area (Å²) >= 11 is 0. The minimum Gasteiger partial charge on any atom is -0.497 e. The summed E-state index contributed by atoms with van der Waals surface area (Å²) in [4.78, 5) is 11.4. The quantitative estimate of drug-likeness (QED) is 0.729. The Balaban J connectivity index is 1.65. The van der Waals surface area contributed by atoms with Crippen LogP contribution in [-0.4, -0.2) is 30.7 Å². The first-order valence-electron chi connectivity index (χ1n) is 8.96. The van der Waals surface area contributed by atoms with Crippen molar-refractivity contribution in [3.63, 3.8) is 0 Å². The Morgan fingerprint density at radius 1 is 1.04 bits per heavy atom. The third-order valence-corrected chi connectivity index (χ3v) is 4.66. The van der Waals surface area contributed by atoms with E-state index in [-0.39, 0.29) is 0 Å². The van der Waals surface area contributed by atoms with Crippen molar-refractivity contribution in [3.8, 4) is 11.5 Å². The Bertz CT molecular complexity index is 945. The number of aromatic nitrogens is 2. The Kier molecular flexibility index (Phi) is 4.78. The number of ether oxygens (including phenoxy) is 2. The molecule has 0 radical (unpaired) electrons. The van der Waals surface area contributed by atoms with E-state index >= 15 is 0 Å². The number of hydrogen-bond acceptors (Lipinski definition) is 6. The number of hydrogen-bond donors (Lipinski definition) is 1. The number of methoxy groups -OCH3 is 2. The lowest BCUT2D eigenvalue weighted by molar-refractivity contribution is 0.405. The van der Waals surface area contributed by atoms with E-state index < -0.39 is 0 Å². The topological polar surface area (TPSA) is 59.5 Å². The fourth-order valence-electron chi connectivity index (χ4n) is 3.34. The van der Waals surface area contributed by atoms with Crippen LogP contribution in [0.1, 0.15) is 12.0 Å². The Morgan fingerprint density at radius 2 is 1.93 bits per heavy atom. The lowest BCUT2D eigenvalue weighted by Crippen LogP contribution is -2.26. The molecule has 6 nitrogen and oxygen atoms in total. The molecule has 1 aliphatic heterocycles. The summed E-state index contributed by atoms with van der Waals surface area (Å²) in [7, 11) is 3.28. The zero-order chi connectivity index (χ0) is 18.6. The van der Waals surface area contributed by atoms with E-state index in [0.717, 1.165) is 36.6 Å². The second kappa shape index (κ2) is 7.53. The summed E-state index contributed by atoms with van der Waals surface area (Å²) in [6.07, 6.45) is 3.95. The van der Waals surface area contributed by atoms with Crippen LogP contribution in [-0.2, 0) is 6.42 Å². The van der Waals surface area contributed by atoms with Crippen molar-refractivity contribution in [1.29, 1.82) is 0 Å². The molecule has 0 unspecified atom stereocenters. The van der Waals surface area contributed by atoms with Crippen molar-refractivity contribution >= 4 is 23.1 Å². The molecule has 6 heteroatoms. The van der Waals surface area contributed by atoms with Crippen LogP contribution in [0.3, 0.4) is 0 Å². The van der Waals surface area contributed by atoms with Gasteiger partial charge in [0.1, 0.15) is 17.3 Å². The summed E-state index contributed by atoms with van der Waals surface area (Å²) in [5.74, 6) is 2.86. The average molecular weight is 362 g/mol. The summed E-state index contributed by atoms with van der Waals surface area (Å²) in [5, 5.41) is 3.32. The second-order valence-electron chi connectivity index (χ2n) is 6.32. The maximum absolute atomic E-state index is 5.44. The number of aryl methyl sites for hydroxylation is 1. The van der Waals surface area contributed by atoms with Crippen LogP contribution in [0.25, 0.3) is 0 Å². The first-order chi connectivity index (χ1) is 13.3. The predicted molar refractivity (Wildman–Crippen MR) is 107 cm³/mol. The van der Waals surface area contributed by atoms with Crippen LogP contribution in [0.5, 0.6) is 11.5 Å². The first-order valence-corrected chi connectivity index (χ1v) is 8.96. The highest BCUT2D eigenvalue weighted by molar-refractivity contribution is 5.68. The fraction of sp³-hybridized carbons (Fsp3) is 0.238. The van der Waals surface area contributed by atoms with E-state index in [1.54, 1.807) is 20.4 Å². The number of anilines is 4. The summed E-state index contributed by atoms with van der Waals surface area (Å²) < 4.78 is 10.8. The average Bonchev–Trinajstić information content (AvgIpc) is 2.73. The molecular formula is C21H22N4O2. The molecule has 138 valence electrons. The molecule has 0 spiro atoms. The third kappa shape index (κ3) is 3.51. The smallest absolute Gasteiger partial charge is 0.231 e. The van der Waals surface area contributed by atoms with E-state index in [2.05, 4.69) is 39.5 Å². The molecule has 3 aromatic rings. The van der Waals surface area contributed by atoms with Crippen molar-refractivity contribution < 1.29 is 9.47 Å². The van der Waals surface area contributed by atoms with Crippen molar-refractivity contribution in [2.24, 2.45) is 0 Å². The van der Waals surface area contributed by atoms with Crippen LogP contribution in [0, 0.1) is 0 Å². The first kappa shape index (κ1) is 17.1. The Labute approximate surface area is 158 Å². The largest absolute Gasteiger partial charge is 0.497 e. The molecule has 0 bridgehead atoms. The number of nitrogens with one attached hydrogen (secondary N) is 1. The highest BCUT2D eigenvalue weighted by atomic mass is 16.5. The molecule has 0 fully saturated rings. The monoisotopic (exact) mass is 362 g/mol. The van der Waals surface area contributed by atoms with Gasteiger partial charge in [0.2, 0.25) is 5.95 Å². The molecule has 0 atom stereocenters. The molecule has 0 saturated heterocycles. The number of nitrogens with zero attached hydrogens (tertiary/aromatic N) is 3. The SMILES string of the molecule is COc1ccc(OC)c(Nc2ccnc(N3CCCc4ccccc43)n2)c1. The minimum atomic E-state index is 0.689. The molecule has 27 heavy (non-hydrogen) atoms. The van der Waals surface area contributed by atoms with Gasteiger partial charge in [-0.05, 0) is 42.7 Å². The van der Waals surface area contributed by atoms with Gasteiger partial charge in [0.25, 0.3) is 0 Å². The molecule has 0 saturated carbocycles. The van der Waals surface area contributed by atoms with Gasteiger partial charge in [0, 0.05) is 24.5 Å². The lowest BCUT2D eigenvalue weighted by atomic mass is 10.0. The van der Waals surface area contributed by atoms with E-state index in [4.69, 9.17) is 14.5 Å². The van der Waals surface area contributed by atoms with E-state index in [0.29, 0.717) is 11.8 Å². The van der Waals surface area contributed by atoms with Gasteiger partial charge >= 0.3 is 0 Å². The van der Waals surface area contributed by atoms with Crippen molar-refractivity contribution in [2.45, 2.75) is 12.8 Å². The highest BCUT2D eigenvalue weighted by Gasteiger charge is 2.20. The van der Waals surface area contributed by atoms with E-state index in [1.165, 1.54) is 11.3 Å². The van der Waals surface area contributed by atoms with Crippen LogP contribution >= 0.6 is 0 Å². The second-order valence-corrected chi connectivity index (χ2v) is 6.32. The van der Waals surface area contributed by atoms with E-state index in [9.17, 15) is 0 Å². The van der Waals surface area contributed by atoms with Gasteiger partial charge in [0.05, 0.1) is 19.9 Å². The van der Waals surface area contributed by atoms with Gasteiger partial charge < -0.3 is 19.7 Å². The minimum absolute atomic E-state index is 0.689. The molecular weight excluding hydrogens is 340 g/mol. The van der Waals surface area contributed by atoms with Gasteiger partial charge in [-0.2, -0.15) is 4.98 Å². The predicted octanol–water partition coefficient (Wildman–Crippen LogP) is 4.32. The molecule has 0 amide bonds. The van der Waals surface area contributed by atoms with E-state index in [1.807, 2.05) is 24.3 Å². The van der Waals surface area contributed by atoms with Gasteiger partial charge in [-0.1, -0.05) is 18.2 Å². The molecule has 0 aliphatic carbocycles. The number of rotatable bonds is 5. The van der Waals surface area contributed by atoms with Gasteiger partial charge in [0.15, 0.2) is 0 Å². The molecule has 1 aliphatic rings. The van der Waals surface area contributed by atoms with Crippen molar-refractivity contribution in [3.05, 3.63) is 60.3 Å². The van der Waals surface area contributed by atoms with Crippen LogP contribution in [0.15, 0.2) is 54.7 Å². The molecule has 2 aromatic carbocycles. The summed E-state index contributed by atoms with van der Waals surface area (Å²) in [5.41, 5.74) is 3.31. The van der Waals surface area contributed by atoms with Crippen LogP contribution in [0.2, 0.25) is 0 Å². The zero-order valence-electron chi connectivity index (χ0n) is 15.5. The lowest BCUT2D eigenvalue weighted by Gasteiger charge is -2.29. The number of fused-ring (bicyclic) bond motifs is 1. The summed E-state index contributed by atoms with van der Waals surface area (Å²) in [6.45, 7) is 0.906. The Morgan fingerprint density at radius 3 is 2.78 bits per heavy atom. The van der Waals surface area contributed by atoms with Crippen LogP contribution < -0.4 is 19.7 Å². The maximum atomic E-state index is 5.44. The van der Waals surface area contributed by atoms with Gasteiger partial charge in [-0.15, -0.1) is 0 Å². The van der Waals surface area contributed by atoms with Gasteiger partial charge in [-0.25, -0.2) is 4.98 Å². The maximum Gasteiger partial charge on any atom is 0.231 e.